The van der Waals surface area contributed by atoms with Crippen molar-refractivity contribution in [3.05, 3.63) is 11.5 Å². The van der Waals surface area contributed by atoms with Crippen LogP contribution in [-0.4, -0.2) is 35.0 Å². The molecule has 3 N–H and O–H groups in total. The molecule has 0 aliphatic heterocycles. The molecule has 58 valence electrons. The molecule has 0 aromatic heterocycles. The fourth-order valence-corrected chi connectivity index (χ4v) is 0.350. The third kappa shape index (κ3) is 1.94. The summed E-state index contributed by atoms with van der Waals surface area (Å²) in [5.41, 5.74) is -0.553. The fourth-order valence-electron chi connectivity index (χ4n) is 0.350. The van der Waals surface area contributed by atoms with Crippen molar-refractivity contribution in [2.75, 3.05) is 13.7 Å². The molecule has 0 amide bonds. The minimum atomic E-state index is -1.21. The first-order valence-electron chi connectivity index (χ1n) is 2.43. The fraction of sp³-hybridized carbons (Fsp3) is 0.400. The first-order valence-corrected chi connectivity index (χ1v) is 2.43. The lowest BCUT2D eigenvalue weighted by molar-refractivity contribution is -0.137. The van der Waals surface area contributed by atoms with Crippen LogP contribution in [0.3, 0.4) is 0 Å². The topological polar surface area (TPSA) is 87.0 Å². The van der Waals surface area contributed by atoms with Crippen LogP contribution in [0.5, 0.6) is 0 Å². The maximum Gasteiger partial charge on any atom is 0.343 e. The zero-order chi connectivity index (χ0) is 8.15. The van der Waals surface area contributed by atoms with Crippen LogP contribution in [0.25, 0.3) is 0 Å². The van der Waals surface area contributed by atoms with Crippen molar-refractivity contribution in [1.82, 2.24) is 0 Å². The Kier molecular flexibility index (Phi) is 3.27. The van der Waals surface area contributed by atoms with Gasteiger partial charge in [-0.1, -0.05) is 0 Å². The molecule has 0 saturated heterocycles. The maximum atomic E-state index is 10.4. The molecule has 0 spiro atoms. The highest BCUT2D eigenvalue weighted by molar-refractivity contribution is 5.88. The van der Waals surface area contributed by atoms with Gasteiger partial charge in [-0.2, -0.15) is 0 Å². The number of rotatable bonds is 2. The molecular formula is C5H8O5. The van der Waals surface area contributed by atoms with E-state index in [0.29, 0.717) is 0 Å². The number of esters is 1. The van der Waals surface area contributed by atoms with Crippen LogP contribution in [0.1, 0.15) is 0 Å². The molecule has 0 aromatic carbocycles. The van der Waals surface area contributed by atoms with Gasteiger partial charge in [0.15, 0.2) is 0 Å². The van der Waals surface area contributed by atoms with E-state index in [4.69, 9.17) is 15.3 Å². The van der Waals surface area contributed by atoms with Gasteiger partial charge >= 0.3 is 5.97 Å². The number of carbonyl (C=O) groups is 1. The van der Waals surface area contributed by atoms with Crippen LogP contribution in [-0.2, 0) is 9.53 Å². The molecule has 0 saturated carbocycles. The summed E-state index contributed by atoms with van der Waals surface area (Å²) in [7, 11) is 1.07. The number of aliphatic hydroxyl groups is 3. The van der Waals surface area contributed by atoms with Crippen molar-refractivity contribution in [3.63, 3.8) is 0 Å². The van der Waals surface area contributed by atoms with Crippen LogP contribution in [0, 0.1) is 0 Å². The summed E-state index contributed by atoms with van der Waals surface area (Å²) in [5.74, 6) is -2.17. The summed E-state index contributed by atoms with van der Waals surface area (Å²) >= 11 is 0. The van der Waals surface area contributed by atoms with Gasteiger partial charge in [-0.25, -0.2) is 4.79 Å². The van der Waals surface area contributed by atoms with E-state index in [-0.39, 0.29) is 0 Å². The van der Waals surface area contributed by atoms with Crippen molar-refractivity contribution < 1.29 is 24.9 Å². The number of carbonyl (C=O) groups excluding carboxylic acids is 1. The van der Waals surface area contributed by atoms with Gasteiger partial charge in [-0.3, -0.25) is 0 Å². The summed E-state index contributed by atoms with van der Waals surface area (Å²) in [4.78, 5) is 10.4. The van der Waals surface area contributed by atoms with E-state index in [9.17, 15) is 4.79 Å². The van der Waals surface area contributed by atoms with E-state index in [1.165, 1.54) is 0 Å². The lowest BCUT2D eigenvalue weighted by atomic mass is 10.3. The van der Waals surface area contributed by atoms with Crippen LogP contribution < -0.4 is 0 Å². The molecule has 5 nitrogen and oxygen atoms in total. The van der Waals surface area contributed by atoms with Crippen LogP contribution in [0.2, 0.25) is 0 Å². The van der Waals surface area contributed by atoms with Crippen molar-refractivity contribution >= 4 is 5.97 Å². The predicted octanol–water partition coefficient (Wildman–Crippen LogP) is -0.521. The molecule has 0 unspecified atom stereocenters. The molecule has 0 aliphatic rings. The highest BCUT2D eigenvalue weighted by Gasteiger charge is 2.13. The predicted molar refractivity (Wildman–Crippen MR) is 31.4 cm³/mol. The normalized spacial score (nSPS) is 8.60. The Labute approximate surface area is 57.2 Å². The van der Waals surface area contributed by atoms with E-state index in [1.54, 1.807) is 0 Å². The van der Waals surface area contributed by atoms with Gasteiger partial charge in [0.1, 0.15) is 5.57 Å². The molecule has 0 rings (SSSR count). The van der Waals surface area contributed by atoms with Crippen LogP contribution >= 0.6 is 0 Å². The summed E-state index contributed by atoms with van der Waals surface area (Å²) < 4.78 is 4.09. The SMILES string of the molecule is COC(=O)C(CO)=C(O)O. The van der Waals surface area contributed by atoms with E-state index < -0.39 is 24.1 Å². The number of methoxy groups -OCH3 is 1. The summed E-state index contributed by atoms with van der Waals surface area (Å²) in [5, 5.41) is 24.9. The highest BCUT2D eigenvalue weighted by Crippen LogP contribution is 1.98. The number of hydrogen-bond acceptors (Lipinski definition) is 5. The minimum absolute atomic E-state index is 0.553. The molecule has 0 bridgehead atoms. The zero-order valence-electron chi connectivity index (χ0n) is 5.37. The smallest absolute Gasteiger partial charge is 0.343 e. The molecule has 0 radical (unpaired) electrons. The first kappa shape index (κ1) is 8.77. The van der Waals surface area contributed by atoms with Gasteiger partial charge in [0.05, 0.1) is 13.7 Å². The quantitative estimate of drug-likeness (QED) is 0.278. The Bertz CT molecular complexity index is 155. The van der Waals surface area contributed by atoms with Crippen LogP contribution in [0.4, 0.5) is 0 Å². The third-order valence-electron chi connectivity index (χ3n) is 0.860. The van der Waals surface area contributed by atoms with Gasteiger partial charge in [0, 0.05) is 0 Å². The number of ether oxygens (including phenoxy) is 1. The van der Waals surface area contributed by atoms with E-state index in [2.05, 4.69) is 4.74 Å². The molecule has 0 heterocycles. The van der Waals surface area contributed by atoms with Gasteiger partial charge < -0.3 is 20.1 Å². The van der Waals surface area contributed by atoms with Crippen LogP contribution in [0.15, 0.2) is 11.5 Å². The Balaban J connectivity index is 4.37. The van der Waals surface area contributed by atoms with E-state index in [1.807, 2.05) is 0 Å². The zero-order valence-corrected chi connectivity index (χ0v) is 5.37. The van der Waals surface area contributed by atoms with Crippen molar-refractivity contribution in [3.8, 4) is 0 Å². The van der Waals surface area contributed by atoms with Crippen molar-refractivity contribution in [2.45, 2.75) is 0 Å². The van der Waals surface area contributed by atoms with E-state index in [0.717, 1.165) is 7.11 Å². The summed E-state index contributed by atoms with van der Waals surface area (Å²) in [6.45, 7) is -0.755. The molecule has 0 atom stereocenters. The monoisotopic (exact) mass is 148 g/mol. The Hall–Kier alpha value is -1.23. The lowest BCUT2D eigenvalue weighted by Crippen LogP contribution is -2.11. The van der Waals surface area contributed by atoms with Gasteiger partial charge in [-0.15, -0.1) is 0 Å². The lowest BCUT2D eigenvalue weighted by Gasteiger charge is -1.99. The largest absolute Gasteiger partial charge is 0.481 e. The highest BCUT2D eigenvalue weighted by atomic mass is 16.5. The first-order chi connectivity index (χ1) is 4.63. The molecule has 10 heavy (non-hydrogen) atoms. The second-order valence-electron chi connectivity index (χ2n) is 1.45. The molecular weight excluding hydrogens is 140 g/mol. The number of hydrogen-bond donors (Lipinski definition) is 3. The average Bonchev–Trinajstić information content (AvgIpc) is 1.88. The van der Waals surface area contributed by atoms with Crippen molar-refractivity contribution in [1.29, 1.82) is 0 Å². The summed E-state index contributed by atoms with van der Waals surface area (Å²) in [6, 6.07) is 0. The molecule has 0 aliphatic carbocycles. The number of aliphatic hydroxyl groups excluding tert-OH is 2. The Morgan fingerprint density at radius 1 is 1.50 bits per heavy atom. The Morgan fingerprint density at radius 2 is 2.00 bits per heavy atom. The average molecular weight is 148 g/mol. The standard InChI is InChI=1S/C5H8O5/c1-10-5(9)3(2-6)4(7)8/h6-8H,2H2,1H3. The van der Waals surface area contributed by atoms with Gasteiger partial charge in [0.2, 0.25) is 0 Å². The second-order valence-corrected chi connectivity index (χ2v) is 1.45. The van der Waals surface area contributed by atoms with Crippen molar-refractivity contribution in [2.24, 2.45) is 0 Å². The molecule has 0 aromatic rings. The van der Waals surface area contributed by atoms with E-state index >= 15 is 0 Å². The Morgan fingerprint density at radius 3 is 2.10 bits per heavy atom. The maximum absolute atomic E-state index is 10.4. The summed E-state index contributed by atoms with van der Waals surface area (Å²) in [6.07, 6.45) is 0. The van der Waals surface area contributed by atoms with Gasteiger partial charge in [-0.05, 0) is 0 Å². The third-order valence-corrected chi connectivity index (χ3v) is 0.860. The second kappa shape index (κ2) is 3.73. The minimum Gasteiger partial charge on any atom is -0.481 e. The van der Waals surface area contributed by atoms with Gasteiger partial charge in [0.25, 0.3) is 5.95 Å². The molecule has 0 fully saturated rings. The molecule has 5 heteroatoms.